The van der Waals surface area contributed by atoms with E-state index >= 15 is 0 Å². The van der Waals surface area contributed by atoms with Gasteiger partial charge in [-0.15, -0.1) is 0 Å². The van der Waals surface area contributed by atoms with Gasteiger partial charge in [0, 0.05) is 11.8 Å². The predicted molar refractivity (Wildman–Crippen MR) is 82.0 cm³/mol. The average Bonchev–Trinajstić information content (AvgIpc) is 2.80. The Kier molecular flexibility index (Phi) is 4.68. The zero-order valence-corrected chi connectivity index (χ0v) is 13.0. The Morgan fingerprint density at radius 2 is 2.00 bits per heavy atom. The molecule has 1 aromatic carbocycles. The topological polar surface area (TPSA) is 40.5 Å². The van der Waals surface area contributed by atoms with Crippen LogP contribution in [-0.4, -0.2) is 24.3 Å². The maximum absolute atomic E-state index is 12.1. The number of benzene rings is 1. The summed E-state index contributed by atoms with van der Waals surface area (Å²) in [6.07, 6.45) is 1.91. The lowest BCUT2D eigenvalue weighted by molar-refractivity contribution is 0.0513. The maximum Gasteiger partial charge on any atom is 0.355 e. The molecule has 0 saturated carbocycles. The van der Waals surface area contributed by atoms with E-state index in [1.54, 1.807) is 7.11 Å². The molecule has 2 rings (SSSR count). The Morgan fingerprint density at radius 1 is 1.24 bits per heavy atom. The number of carbonyl (C=O) groups is 1. The van der Waals surface area contributed by atoms with Gasteiger partial charge in [0.25, 0.3) is 0 Å². The Labute approximate surface area is 125 Å². The molecule has 0 aliphatic rings. The predicted octanol–water partition coefficient (Wildman–Crippen LogP) is 3.34. The van der Waals surface area contributed by atoms with Crippen molar-refractivity contribution in [3.05, 3.63) is 52.8 Å². The summed E-state index contributed by atoms with van der Waals surface area (Å²) in [5, 5.41) is 0. The second-order valence-electron chi connectivity index (χ2n) is 5.01. The van der Waals surface area contributed by atoms with Gasteiger partial charge in [0.1, 0.15) is 11.4 Å². The molecule has 0 atom stereocenters. The van der Waals surface area contributed by atoms with Gasteiger partial charge in [-0.25, -0.2) is 4.79 Å². The van der Waals surface area contributed by atoms with Crippen molar-refractivity contribution in [3.8, 4) is 5.75 Å². The highest BCUT2D eigenvalue weighted by Crippen LogP contribution is 2.22. The van der Waals surface area contributed by atoms with Crippen LogP contribution in [0.4, 0.5) is 0 Å². The fourth-order valence-electron chi connectivity index (χ4n) is 2.41. The number of hydrogen-bond acceptors (Lipinski definition) is 3. The van der Waals surface area contributed by atoms with Gasteiger partial charge in [0.15, 0.2) is 0 Å². The third-order valence-electron chi connectivity index (χ3n) is 3.41. The fraction of sp³-hybridized carbons (Fsp3) is 0.353. The standard InChI is InChI=1S/C17H21NO3/c1-5-21-17(19)16-13(3)8-9-18(16)11-14-10-12(2)6-7-15(14)20-4/h6-10H,5,11H2,1-4H3. The van der Waals surface area contributed by atoms with Crippen LogP contribution in [0.25, 0.3) is 0 Å². The lowest BCUT2D eigenvalue weighted by Crippen LogP contribution is -2.14. The van der Waals surface area contributed by atoms with Crippen molar-refractivity contribution in [2.45, 2.75) is 27.3 Å². The van der Waals surface area contributed by atoms with Crippen molar-refractivity contribution < 1.29 is 14.3 Å². The molecule has 0 N–H and O–H groups in total. The molecule has 1 aromatic heterocycles. The van der Waals surface area contributed by atoms with Crippen molar-refractivity contribution in [1.29, 1.82) is 0 Å². The molecule has 0 bridgehead atoms. The minimum atomic E-state index is -0.286. The molecule has 0 aliphatic carbocycles. The van der Waals surface area contributed by atoms with Crippen molar-refractivity contribution in [2.75, 3.05) is 13.7 Å². The molecular formula is C17H21NO3. The lowest BCUT2D eigenvalue weighted by atomic mass is 10.1. The Balaban J connectivity index is 2.36. The van der Waals surface area contributed by atoms with E-state index in [1.807, 2.05) is 49.7 Å². The van der Waals surface area contributed by atoms with Gasteiger partial charge in [-0.2, -0.15) is 0 Å². The summed E-state index contributed by atoms with van der Waals surface area (Å²) in [5.74, 6) is 0.536. The smallest absolute Gasteiger partial charge is 0.355 e. The van der Waals surface area contributed by atoms with Gasteiger partial charge in [0.05, 0.1) is 20.3 Å². The van der Waals surface area contributed by atoms with Crippen LogP contribution in [0.3, 0.4) is 0 Å². The van der Waals surface area contributed by atoms with Crippen LogP contribution in [0.15, 0.2) is 30.5 Å². The lowest BCUT2D eigenvalue weighted by Gasteiger charge is -2.13. The van der Waals surface area contributed by atoms with Crippen LogP contribution in [-0.2, 0) is 11.3 Å². The first-order valence-electron chi connectivity index (χ1n) is 7.03. The van der Waals surface area contributed by atoms with Crippen LogP contribution in [0.5, 0.6) is 5.75 Å². The number of aryl methyl sites for hydroxylation is 2. The van der Waals surface area contributed by atoms with Crippen LogP contribution >= 0.6 is 0 Å². The molecule has 0 radical (unpaired) electrons. The Hall–Kier alpha value is -2.23. The first kappa shape index (κ1) is 15.2. The molecule has 0 unspecified atom stereocenters. The third-order valence-corrected chi connectivity index (χ3v) is 3.41. The van der Waals surface area contributed by atoms with Gasteiger partial charge in [-0.1, -0.05) is 17.7 Å². The third kappa shape index (κ3) is 3.27. The van der Waals surface area contributed by atoms with Crippen molar-refractivity contribution in [3.63, 3.8) is 0 Å². The second kappa shape index (κ2) is 6.48. The van der Waals surface area contributed by atoms with Crippen LogP contribution in [0.1, 0.15) is 34.1 Å². The molecule has 112 valence electrons. The van der Waals surface area contributed by atoms with Crippen molar-refractivity contribution in [2.24, 2.45) is 0 Å². The monoisotopic (exact) mass is 287 g/mol. The summed E-state index contributed by atoms with van der Waals surface area (Å²) in [6.45, 7) is 6.71. The van der Waals surface area contributed by atoms with E-state index in [9.17, 15) is 4.79 Å². The Morgan fingerprint density at radius 3 is 2.67 bits per heavy atom. The summed E-state index contributed by atoms with van der Waals surface area (Å²) in [4.78, 5) is 12.1. The van der Waals surface area contributed by atoms with Crippen molar-refractivity contribution in [1.82, 2.24) is 4.57 Å². The summed E-state index contributed by atoms with van der Waals surface area (Å²) >= 11 is 0. The molecule has 1 heterocycles. The number of nitrogens with zero attached hydrogens (tertiary/aromatic N) is 1. The van der Waals surface area contributed by atoms with Gasteiger partial charge in [0.2, 0.25) is 0 Å². The molecule has 0 amide bonds. The van der Waals surface area contributed by atoms with E-state index in [0.717, 1.165) is 22.4 Å². The first-order valence-corrected chi connectivity index (χ1v) is 7.03. The summed E-state index contributed by atoms with van der Waals surface area (Å²) in [6, 6.07) is 7.96. The molecular weight excluding hydrogens is 266 g/mol. The number of hydrogen-bond donors (Lipinski definition) is 0. The second-order valence-corrected chi connectivity index (χ2v) is 5.01. The number of aromatic nitrogens is 1. The molecule has 4 nitrogen and oxygen atoms in total. The van der Waals surface area contributed by atoms with E-state index in [4.69, 9.17) is 9.47 Å². The molecule has 0 fully saturated rings. The molecule has 21 heavy (non-hydrogen) atoms. The fourth-order valence-corrected chi connectivity index (χ4v) is 2.41. The van der Waals surface area contributed by atoms with Crippen LogP contribution in [0, 0.1) is 13.8 Å². The number of ether oxygens (including phenoxy) is 2. The molecule has 0 saturated heterocycles. The number of methoxy groups -OCH3 is 1. The summed E-state index contributed by atoms with van der Waals surface area (Å²) < 4.78 is 12.4. The zero-order valence-electron chi connectivity index (χ0n) is 13.0. The Bertz CT molecular complexity index is 643. The van der Waals surface area contributed by atoms with Crippen LogP contribution in [0.2, 0.25) is 0 Å². The SMILES string of the molecule is CCOC(=O)c1c(C)ccn1Cc1cc(C)ccc1OC. The number of esters is 1. The summed E-state index contributed by atoms with van der Waals surface area (Å²) in [5.41, 5.74) is 3.71. The minimum Gasteiger partial charge on any atom is -0.496 e. The van der Waals surface area contributed by atoms with Gasteiger partial charge >= 0.3 is 5.97 Å². The normalized spacial score (nSPS) is 10.5. The van der Waals surface area contributed by atoms with E-state index in [-0.39, 0.29) is 5.97 Å². The van der Waals surface area contributed by atoms with Crippen LogP contribution < -0.4 is 4.74 Å². The first-order chi connectivity index (χ1) is 10.1. The number of carbonyl (C=O) groups excluding carboxylic acids is 1. The molecule has 0 spiro atoms. The van der Waals surface area contributed by atoms with Gasteiger partial charge in [-0.3, -0.25) is 0 Å². The zero-order chi connectivity index (χ0) is 15.4. The maximum atomic E-state index is 12.1. The molecule has 4 heteroatoms. The highest BCUT2D eigenvalue weighted by atomic mass is 16.5. The van der Waals surface area contributed by atoms with Gasteiger partial charge < -0.3 is 14.0 Å². The highest BCUT2D eigenvalue weighted by molar-refractivity contribution is 5.89. The molecule has 0 aliphatic heterocycles. The average molecular weight is 287 g/mol. The summed E-state index contributed by atoms with van der Waals surface area (Å²) in [7, 11) is 1.65. The van der Waals surface area contributed by atoms with E-state index in [2.05, 4.69) is 6.07 Å². The van der Waals surface area contributed by atoms with Crippen molar-refractivity contribution >= 4 is 5.97 Å². The number of rotatable bonds is 5. The van der Waals surface area contributed by atoms with Gasteiger partial charge in [-0.05, 0) is 38.5 Å². The van der Waals surface area contributed by atoms with E-state index in [1.165, 1.54) is 0 Å². The highest BCUT2D eigenvalue weighted by Gasteiger charge is 2.17. The van der Waals surface area contributed by atoms with E-state index in [0.29, 0.717) is 18.8 Å². The minimum absolute atomic E-state index is 0.286. The van der Waals surface area contributed by atoms with E-state index < -0.39 is 0 Å². The largest absolute Gasteiger partial charge is 0.496 e. The molecule has 2 aromatic rings. The quantitative estimate of drug-likeness (QED) is 0.792.